The van der Waals surface area contributed by atoms with Gasteiger partial charge in [-0.2, -0.15) is 5.26 Å². The quantitative estimate of drug-likeness (QED) is 0.373. The summed E-state index contributed by atoms with van der Waals surface area (Å²) in [5.74, 6) is 4.52. The third-order valence-electron chi connectivity index (χ3n) is 4.51. The van der Waals surface area contributed by atoms with Gasteiger partial charge in [-0.3, -0.25) is 0 Å². The van der Waals surface area contributed by atoms with Crippen molar-refractivity contribution < 1.29 is 23.0 Å². The second kappa shape index (κ2) is 11.6. The number of benzene rings is 3. The van der Waals surface area contributed by atoms with Gasteiger partial charge in [0.05, 0.1) is 19.8 Å². The minimum atomic E-state index is -0.918. The zero-order valence-corrected chi connectivity index (χ0v) is 17.5. The Morgan fingerprint density at radius 1 is 0.750 bits per heavy atom. The molecule has 3 rings (SSSR count). The van der Waals surface area contributed by atoms with Gasteiger partial charge in [0.25, 0.3) is 0 Å². The topological polar surface area (TPSA) is 51.5 Å². The molecule has 6 heteroatoms. The lowest BCUT2D eigenvalue weighted by Crippen LogP contribution is -2.09. The van der Waals surface area contributed by atoms with Crippen molar-refractivity contribution in [2.24, 2.45) is 0 Å². The normalized spacial score (nSPS) is 10.2. The first-order chi connectivity index (χ1) is 15.6. The summed E-state index contributed by atoms with van der Waals surface area (Å²) >= 11 is 0. The van der Waals surface area contributed by atoms with E-state index >= 15 is 0 Å². The fourth-order valence-corrected chi connectivity index (χ4v) is 2.85. The van der Waals surface area contributed by atoms with Crippen molar-refractivity contribution in [3.8, 4) is 34.8 Å². The second-order valence-corrected chi connectivity index (χ2v) is 6.73. The highest BCUT2D eigenvalue weighted by atomic mass is 19.1. The molecule has 0 aliphatic heterocycles. The van der Waals surface area contributed by atoms with Crippen LogP contribution in [0, 0.1) is 34.8 Å². The van der Waals surface area contributed by atoms with E-state index in [1.807, 2.05) is 48.5 Å². The van der Waals surface area contributed by atoms with Gasteiger partial charge in [-0.1, -0.05) is 36.1 Å². The molecular weight excluding hydrogens is 412 g/mol. The maximum Gasteiger partial charge on any atom is 0.145 e. The van der Waals surface area contributed by atoms with Crippen molar-refractivity contribution in [3.05, 3.63) is 89.0 Å². The van der Waals surface area contributed by atoms with Crippen LogP contribution in [0.3, 0.4) is 0 Å². The summed E-state index contributed by atoms with van der Waals surface area (Å²) in [6.45, 7) is 2.06. The Labute approximate surface area is 186 Å². The van der Waals surface area contributed by atoms with Crippen LogP contribution in [0.4, 0.5) is 8.78 Å². The third-order valence-corrected chi connectivity index (χ3v) is 4.51. The number of methoxy groups -OCH3 is 1. The van der Waals surface area contributed by atoms with Crippen LogP contribution >= 0.6 is 0 Å². The fourth-order valence-electron chi connectivity index (χ4n) is 2.85. The average molecular weight is 433 g/mol. The molecule has 0 radical (unpaired) electrons. The maximum absolute atomic E-state index is 13.7. The van der Waals surface area contributed by atoms with E-state index in [1.54, 1.807) is 7.11 Å². The molecular formula is C26H21F2NO3. The van der Waals surface area contributed by atoms with Gasteiger partial charge in [-0.15, -0.1) is 0 Å². The Kier molecular flexibility index (Phi) is 8.34. The van der Waals surface area contributed by atoms with Gasteiger partial charge in [0.15, 0.2) is 0 Å². The van der Waals surface area contributed by atoms with Crippen molar-refractivity contribution in [3.63, 3.8) is 0 Å². The molecule has 0 spiro atoms. The highest BCUT2D eigenvalue weighted by molar-refractivity contribution is 5.65. The van der Waals surface area contributed by atoms with E-state index in [1.165, 1.54) is 6.07 Å². The Bertz CT molecular complexity index is 1120. The summed E-state index contributed by atoms with van der Waals surface area (Å²) in [7, 11) is 1.63. The Hall–Kier alpha value is -3.71. The molecule has 0 aliphatic carbocycles. The van der Waals surface area contributed by atoms with E-state index in [0.29, 0.717) is 32.0 Å². The lowest BCUT2D eigenvalue weighted by Gasteiger charge is -2.08. The van der Waals surface area contributed by atoms with Gasteiger partial charge in [0.2, 0.25) is 0 Å². The molecule has 0 fully saturated rings. The Balaban J connectivity index is 1.59. The second-order valence-electron chi connectivity index (χ2n) is 6.73. The standard InChI is InChI=1S/C26H21F2NO3/c1-30-12-13-31-14-15-32-23-10-8-22(9-11-23)21-6-4-19(5-7-21)2-3-20-16-25(27)24(18-29)26(28)17-20/h4-11,16-17H,12-15H2,1H3. The Morgan fingerprint density at radius 3 is 1.91 bits per heavy atom. The molecule has 0 bridgehead atoms. The van der Waals surface area contributed by atoms with E-state index in [0.717, 1.165) is 29.0 Å². The minimum Gasteiger partial charge on any atom is -0.491 e. The largest absolute Gasteiger partial charge is 0.491 e. The van der Waals surface area contributed by atoms with Gasteiger partial charge >= 0.3 is 0 Å². The van der Waals surface area contributed by atoms with Crippen LogP contribution in [-0.2, 0) is 9.47 Å². The molecule has 32 heavy (non-hydrogen) atoms. The van der Waals surface area contributed by atoms with E-state index in [2.05, 4.69) is 11.8 Å². The molecule has 0 atom stereocenters. The van der Waals surface area contributed by atoms with Gasteiger partial charge in [0, 0.05) is 18.2 Å². The van der Waals surface area contributed by atoms with E-state index in [-0.39, 0.29) is 5.56 Å². The summed E-state index contributed by atoms with van der Waals surface area (Å²) < 4.78 is 43.3. The van der Waals surface area contributed by atoms with Crippen molar-refractivity contribution in [1.29, 1.82) is 5.26 Å². The number of hydrogen-bond donors (Lipinski definition) is 0. The van der Waals surface area contributed by atoms with Crippen LogP contribution in [0.5, 0.6) is 5.75 Å². The molecule has 0 saturated heterocycles. The molecule has 4 nitrogen and oxygen atoms in total. The van der Waals surface area contributed by atoms with Gasteiger partial charge in [0.1, 0.15) is 35.6 Å². The molecule has 0 N–H and O–H groups in total. The first-order valence-corrected chi connectivity index (χ1v) is 9.92. The molecule has 162 valence electrons. The summed E-state index contributed by atoms with van der Waals surface area (Å²) in [5.41, 5.74) is 2.28. The number of halogens is 2. The highest BCUT2D eigenvalue weighted by Crippen LogP contribution is 2.23. The molecule has 3 aromatic rings. The summed E-state index contributed by atoms with van der Waals surface area (Å²) in [4.78, 5) is 0. The van der Waals surface area contributed by atoms with E-state index < -0.39 is 17.2 Å². The third kappa shape index (κ3) is 6.39. The predicted octanol–water partition coefficient (Wildman–Crippen LogP) is 4.95. The van der Waals surface area contributed by atoms with E-state index in [9.17, 15) is 8.78 Å². The van der Waals surface area contributed by atoms with Crippen LogP contribution in [-0.4, -0.2) is 33.5 Å². The van der Waals surface area contributed by atoms with Crippen LogP contribution in [0.25, 0.3) is 11.1 Å². The summed E-state index contributed by atoms with van der Waals surface area (Å²) in [6.07, 6.45) is 0. The summed E-state index contributed by atoms with van der Waals surface area (Å²) in [6, 6.07) is 18.8. The van der Waals surface area contributed by atoms with Crippen molar-refractivity contribution in [1.82, 2.24) is 0 Å². The van der Waals surface area contributed by atoms with Crippen molar-refractivity contribution in [2.45, 2.75) is 0 Å². The first kappa shape index (κ1) is 23.0. The van der Waals surface area contributed by atoms with Crippen molar-refractivity contribution >= 4 is 0 Å². The van der Waals surface area contributed by atoms with Gasteiger partial charge in [-0.25, -0.2) is 8.78 Å². The molecule has 0 amide bonds. The fraction of sp³-hybridized carbons (Fsp3) is 0.192. The monoisotopic (exact) mass is 433 g/mol. The molecule has 0 aliphatic rings. The lowest BCUT2D eigenvalue weighted by molar-refractivity contribution is 0.0544. The molecule has 0 saturated carbocycles. The molecule has 0 heterocycles. The summed E-state index contributed by atoms with van der Waals surface area (Å²) in [5, 5.41) is 8.73. The number of rotatable bonds is 8. The SMILES string of the molecule is COCCOCCOc1ccc(-c2ccc(C#Cc3cc(F)c(C#N)c(F)c3)cc2)cc1. The Morgan fingerprint density at radius 2 is 1.31 bits per heavy atom. The number of nitrogens with zero attached hydrogens (tertiary/aromatic N) is 1. The van der Waals surface area contributed by atoms with Crippen LogP contribution in [0.1, 0.15) is 16.7 Å². The number of hydrogen-bond acceptors (Lipinski definition) is 4. The van der Waals surface area contributed by atoms with Gasteiger partial charge in [-0.05, 0) is 47.5 Å². The minimum absolute atomic E-state index is 0.169. The first-order valence-electron chi connectivity index (χ1n) is 9.92. The predicted molar refractivity (Wildman–Crippen MR) is 117 cm³/mol. The molecule has 0 aromatic heterocycles. The van der Waals surface area contributed by atoms with Crippen LogP contribution in [0.15, 0.2) is 60.7 Å². The smallest absolute Gasteiger partial charge is 0.145 e. The van der Waals surface area contributed by atoms with Crippen LogP contribution in [0.2, 0.25) is 0 Å². The van der Waals surface area contributed by atoms with Crippen LogP contribution < -0.4 is 4.74 Å². The zero-order valence-electron chi connectivity index (χ0n) is 17.5. The van der Waals surface area contributed by atoms with Crippen molar-refractivity contribution in [2.75, 3.05) is 33.5 Å². The van der Waals surface area contributed by atoms with E-state index in [4.69, 9.17) is 19.5 Å². The molecule has 0 unspecified atom stereocenters. The maximum atomic E-state index is 13.7. The highest BCUT2D eigenvalue weighted by Gasteiger charge is 2.09. The zero-order chi connectivity index (χ0) is 22.8. The average Bonchev–Trinajstić information content (AvgIpc) is 2.81. The lowest BCUT2D eigenvalue weighted by atomic mass is 10.0. The van der Waals surface area contributed by atoms with Gasteiger partial charge < -0.3 is 14.2 Å². The number of ether oxygens (including phenoxy) is 3. The number of nitriles is 1. The molecule has 3 aromatic carbocycles.